The lowest BCUT2D eigenvalue weighted by Crippen LogP contribution is -2.27. The van der Waals surface area contributed by atoms with Crippen LogP contribution in [0.2, 0.25) is 0 Å². The summed E-state index contributed by atoms with van der Waals surface area (Å²) in [5.41, 5.74) is 0.348. The van der Waals surface area contributed by atoms with Crippen LogP contribution in [0, 0.1) is 23.8 Å². The van der Waals surface area contributed by atoms with E-state index in [9.17, 15) is 29.8 Å². The summed E-state index contributed by atoms with van der Waals surface area (Å²) < 4.78 is 12.4. The maximum atomic E-state index is 12.9. The lowest BCUT2D eigenvalue weighted by atomic mass is 10.1. The highest BCUT2D eigenvalue weighted by Gasteiger charge is 2.35. The average Bonchev–Trinajstić information content (AvgIpc) is 3.14. The molecule has 194 valence electrons. The number of carbonyl (C=O) groups is 2. The topological polar surface area (TPSA) is 142 Å². The van der Waals surface area contributed by atoms with E-state index in [-0.39, 0.29) is 40.5 Å². The molecule has 3 aromatic rings. The lowest BCUT2D eigenvalue weighted by Gasteiger charge is -2.13. The van der Waals surface area contributed by atoms with Crippen LogP contribution in [0.1, 0.15) is 18.1 Å². The normalized spacial score (nSPS) is 14.2. The number of nitro groups is 2. The van der Waals surface area contributed by atoms with E-state index in [0.29, 0.717) is 5.56 Å². The second kappa shape index (κ2) is 11.6. The summed E-state index contributed by atoms with van der Waals surface area (Å²) >= 11 is 3.00. The first-order chi connectivity index (χ1) is 18.2. The molecule has 1 heterocycles. The summed E-state index contributed by atoms with van der Waals surface area (Å²) in [6.45, 7) is 2.14. The van der Waals surface area contributed by atoms with Crippen molar-refractivity contribution in [1.29, 1.82) is 0 Å². The number of imide groups is 1. The van der Waals surface area contributed by atoms with Gasteiger partial charge in [-0.15, -0.1) is 0 Å². The van der Waals surface area contributed by atoms with Crippen molar-refractivity contribution in [1.82, 2.24) is 4.90 Å². The minimum Gasteiger partial charge on any atom is -0.490 e. The van der Waals surface area contributed by atoms with E-state index in [0.717, 1.165) is 39.1 Å². The zero-order chi connectivity index (χ0) is 27.4. The van der Waals surface area contributed by atoms with E-state index in [1.54, 1.807) is 25.1 Å². The van der Waals surface area contributed by atoms with Crippen LogP contribution in [-0.2, 0) is 11.3 Å². The molecule has 1 fully saturated rings. The summed E-state index contributed by atoms with van der Waals surface area (Å²) in [6, 6.07) is 15.2. The molecule has 2 amide bonds. The molecule has 0 saturated carbocycles. The van der Waals surface area contributed by atoms with Crippen molar-refractivity contribution in [3.8, 4) is 17.2 Å². The predicted octanol–water partition coefficient (Wildman–Crippen LogP) is 6.54. The van der Waals surface area contributed by atoms with E-state index in [1.165, 1.54) is 11.0 Å². The fourth-order valence-electron chi connectivity index (χ4n) is 3.49. The average molecular weight is 647 g/mol. The molecule has 1 aliphatic rings. The van der Waals surface area contributed by atoms with Crippen molar-refractivity contribution >= 4 is 62.9 Å². The van der Waals surface area contributed by atoms with Crippen LogP contribution in [-0.4, -0.2) is 32.5 Å². The molecule has 0 aromatic heterocycles. The number of halogens is 1. The third-order valence-corrected chi connectivity index (χ3v) is 6.89. The minimum atomic E-state index is -0.774. The molecule has 0 spiro atoms. The van der Waals surface area contributed by atoms with Crippen LogP contribution in [0.4, 0.5) is 16.2 Å². The first kappa shape index (κ1) is 27.1. The Morgan fingerprint density at radius 2 is 1.66 bits per heavy atom. The molecule has 0 N–H and O–H groups in total. The molecule has 11 nitrogen and oxygen atoms in total. The molecule has 4 rings (SSSR count). The van der Waals surface area contributed by atoms with Crippen LogP contribution in [0.25, 0.3) is 6.08 Å². The van der Waals surface area contributed by atoms with Crippen molar-refractivity contribution in [3.05, 3.63) is 100 Å². The number of rotatable bonds is 9. The molecule has 0 atom stereocenters. The van der Waals surface area contributed by atoms with Crippen LogP contribution in [0.5, 0.6) is 17.2 Å². The number of amides is 2. The molecule has 3 aromatic carbocycles. The fourth-order valence-corrected chi connectivity index (χ4v) is 4.69. The molecule has 0 radical (unpaired) electrons. The second-order valence-electron chi connectivity index (χ2n) is 7.80. The summed E-state index contributed by atoms with van der Waals surface area (Å²) in [5.74, 6) is -0.260. The Morgan fingerprint density at radius 3 is 2.32 bits per heavy atom. The zero-order valence-electron chi connectivity index (χ0n) is 19.7. The van der Waals surface area contributed by atoms with Crippen molar-refractivity contribution in [2.24, 2.45) is 0 Å². The number of hydrogen-bond donors (Lipinski definition) is 0. The molecule has 1 saturated heterocycles. The van der Waals surface area contributed by atoms with Crippen LogP contribution < -0.4 is 9.47 Å². The van der Waals surface area contributed by atoms with Gasteiger partial charge in [-0.2, -0.15) is 0 Å². The summed E-state index contributed by atoms with van der Waals surface area (Å²) in [7, 11) is 0. The van der Waals surface area contributed by atoms with Gasteiger partial charge in [0.1, 0.15) is 0 Å². The van der Waals surface area contributed by atoms with Crippen LogP contribution in [0.15, 0.2) is 65.6 Å². The number of thioether (sulfide) groups is 1. The van der Waals surface area contributed by atoms with E-state index in [2.05, 4.69) is 22.6 Å². The summed E-state index contributed by atoms with van der Waals surface area (Å²) in [5, 5.41) is 22.1. The number of benzene rings is 3. The number of nitro benzene ring substituents is 2. The van der Waals surface area contributed by atoms with Gasteiger partial charge in [-0.05, 0) is 88.8 Å². The van der Waals surface area contributed by atoms with Gasteiger partial charge in [0.15, 0.2) is 11.5 Å². The molecular weight excluding hydrogens is 629 g/mol. The standard InChI is InChI=1S/C25H18IN3O8S/c1-2-36-22-11-16(5-9-21(22)37-20-10-8-18(28(32)33)13-19(20)29(34)35)12-23-24(30)27(25(31)38-23)14-15-3-6-17(26)7-4-15/h3-13H,2,14H2,1H3/b23-12-. The lowest BCUT2D eigenvalue weighted by molar-refractivity contribution is -0.394. The number of carbonyl (C=O) groups excluding carboxylic acids is 2. The Hall–Kier alpha value is -3.98. The van der Waals surface area contributed by atoms with Gasteiger partial charge in [0.2, 0.25) is 5.75 Å². The van der Waals surface area contributed by atoms with Gasteiger partial charge >= 0.3 is 5.69 Å². The monoisotopic (exact) mass is 647 g/mol. The number of hydrogen-bond acceptors (Lipinski definition) is 9. The Labute approximate surface area is 233 Å². The van der Waals surface area contributed by atoms with Gasteiger partial charge in [-0.3, -0.25) is 34.7 Å². The highest BCUT2D eigenvalue weighted by molar-refractivity contribution is 14.1. The maximum absolute atomic E-state index is 12.9. The van der Waals surface area contributed by atoms with Crippen molar-refractivity contribution in [2.75, 3.05) is 6.61 Å². The molecule has 0 bridgehead atoms. The third kappa shape index (κ3) is 6.11. The SMILES string of the molecule is CCOc1cc(/C=C2\SC(=O)N(Cc3ccc(I)cc3)C2=O)ccc1Oc1ccc([N+](=O)[O-])cc1[N+](=O)[O-]. The zero-order valence-corrected chi connectivity index (χ0v) is 22.6. The molecular formula is C25H18IN3O8S. The number of nitrogens with zero attached hydrogens (tertiary/aromatic N) is 3. The summed E-state index contributed by atoms with van der Waals surface area (Å²) in [6.07, 6.45) is 1.56. The fraction of sp³-hybridized carbons (Fsp3) is 0.120. The highest BCUT2D eigenvalue weighted by Crippen LogP contribution is 2.40. The Morgan fingerprint density at radius 1 is 0.947 bits per heavy atom. The number of ether oxygens (including phenoxy) is 2. The van der Waals surface area contributed by atoms with E-state index < -0.39 is 27.1 Å². The first-order valence-electron chi connectivity index (χ1n) is 11.0. The Kier molecular flexibility index (Phi) is 8.26. The highest BCUT2D eigenvalue weighted by atomic mass is 127. The third-order valence-electron chi connectivity index (χ3n) is 5.26. The molecule has 38 heavy (non-hydrogen) atoms. The molecule has 0 aliphatic carbocycles. The molecule has 13 heteroatoms. The Bertz CT molecular complexity index is 1480. The van der Waals surface area contributed by atoms with Crippen LogP contribution in [0.3, 0.4) is 0 Å². The summed E-state index contributed by atoms with van der Waals surface area (Å²) in [4.78, 5) is 47.8. The second-order valence-corrected chi connectivity index (χ2v) is 10.0. The predicted molar refractivity (Wildman–Crippen MR) is 148 cm³/mol. The molecule has 0 unspecified atom stereocenters. The minimum absolute atomic E-state index is 0.132. The Balaban J connectivity index is 1.59. The van der Waals surface area contributed by atoms with Crippen molar-refractivity contribution < 1.29 is 28.9 Å². The van der Waals surface area contributed by atoms with E-state index >= 15 is 0 Å². The van der Waals surface area contributed by atoms with Gasteiger partial charge in [0.05, 0.1) is 34.0 Å². The van der Waals surface area contributed by atoms with Gasteiger partial charge in [0.25, 0.3) is 16.8 Å². The van der Waals surface area contributed by atoms with Gasteiger partial charge in [-0.25, -0.2) is 0 Å². The van der Waals surface area contributed by atoms with E-state index in [4.69, 9.17) is 9.47 Å². The van der Waals surface area contributed by atoms with Gasteiger partial charge < -0.3 is 9.47 Å². The van der Waals surface area contributed by atoms with Crippen molar-refractivity contribution in [2.45, 2.75) is 13.5 Å². The smallest absolute Gasteiger partial charge is 0.318 e. The van der Waals surface area contributed by atoms with E-state index in [1.807, 2.05) is 24.3 Å². The first-order valence-corrected chi connectivity index (χ1v) is 12.9. The largest absolute Gasteiger partial charge is 0.490 e. The van der Waals surface area contributed by atoms with Crippen LogP contribution >= 0.6 is 34.4 Å². The quantitative estimate of drug-likeness (QED) is 0.110. The molecule has 1 aliphatic heterocycles. The maximum Gasteiger partial charge on any atom is 0.318 e. The number of non-ortho nitro benzene ring substituents is 1. The van der Waals surface area contributed by atoms with Gasteiger partial charge in [0, 0.05) is 9.64 Å². The van der Waals surface area contributed by atoms with Gasteiger partial charge in [-0.1, -0.05) is 18.2 Å². The van der Waals surface area contributed by atoms with Crippen molar-refractivity contribution in [3.63, 3.8) is 0 Å².